The van der Waals surface area contributed by atoms with Gasteiger partial charge in [-0.05, 0) is 53.3 Å². The van der Waals surface area contributed by atoms with E-state index >= 15 is 0 Å². The molecule has 4 nitrogen and oxygen atoms in total. The van der Waals surface area contributed by atoms with Gasteiger partial charge < -0.3 is 9.88 Å². The van der Waals surface area contributed by atoms with Gasteiger partial charge in [0, 0.05) is 35.8 Å². The first-order chi connectivity index (χ1) is 15.1. The van der Waals surface area contributed by atoms with Gasteiger partial charge in [-0.3, -0.25) is 4.79 Å². The van der Waals surface area contributed by atoms with Gasteiger partial charge in [-0.1, -0.05) is 50.3 Å². The smallest absolute Gasteiger partial charge is 0.270 e. The minimum atomic E-state index is 0.0557. The molecule has 2 aromatic heterocycles. The number of hydrogen-bond donors (Lipinski definition) is 1. The van der Waals surface area contributed by atoms with Crippen molar-refractivity contribution >= 4 is 28.7 Å². The Balaban J connectivity index is 1.33. The lowest BCUT2D eigenvalue weighted by atomic mass is 9.90. The van der Waals surface area contributed by atoms with E-state index in [9.17, 15) is 4.79 Å². The average molecular weight is 432 g/mol. The molecule has 1 aliphatic heterocycles. The molecule has 160 valence electrons. The van der Waals surface area contributed by atoms with Crippen molar-refractivity contribution < 1.29 is 4.79 Å². The van der Waals surface area contributed by atoms with Crippen LogP contribution in [0, 0.1) is 0 Å². The number of allylic oxidation sites excluding steroid dienone is 1. The second-order valence-electron chi connectivity index (χ2n) is 8.93. The monoisotopic (exact) mass is 431 g/mol. The SMILES string of the molecule is CC(C)SC1C=CC(c2cnc3[nH]c(C(=O)N4CCc5ccccc5C4)cc3c2)CC1. The van der Waals surface area contributed by atoms with Crippen LogP contribution < -0.4 is 0 Å². The lowest BCUT2D eigenvalue weighted by molar-refractivity contribution is 0.0729. The molecule has 0 bridgehead atoms. The number of hydrogen-bond acceptors (Lipinski definition) is 3. The third kappa shape index (κ3) is 4.29. The minimum absolute atomic E-state index is 0.0557. The van der Waals surface area contributed by atoms with E-state index in [-0.39, 0.29) is 5.91 Å². The number of carbonyl (C=O) groups is 1. The molecule has 0 fully saturated rings. The lowest BCUT2D eigenvalue weighted by Crippen LogP contribution is -2.36. The van der Waals surface area contributed by atoms with Crippen molar-refractivity contribution in [1.29, 1.82) is 0 Å². The Morgan fingerprint density at radius 2 is 2.00 bits per heavy atom. The fourth-order valence-electron chi connectivity index (χ4n) is 4.72. The zero-order valence-corrected chi connectivity index (χ0v) is 19.0. The van der Waals surface area contributed by atoms with Crippen LogP contribution in [0.3, 0.4) is 0 Å². The van der Waals surface area contributed by atoms with Crippen molar-refractivity contribution in [3.63, 3.8) is 0 Å². The third-order valence-corrected chi connectivity index (χ3v) is 7.62. The topological polar surface area (TPSA) is 49.0 Å². The maximum absolute atomic E-state index is 13.1. The standard InChI is InChI=1S/C26H29N3OS/c1-17(2)31-23-9-7-19(8-10-23)22-13-21-14-24(28-25(21)27-15-22)26(30)29-12-11-18-5-3-4-6-20(18)16-29/h3-7,9,13-15,17,19,23H,8,10-12,16H2,1-2H3,(H,27,28). The van der Waals surface area contributed by atoms with E-state index in [1.54, 1.807) is 0 Å². The lowest BCUT2D eigenvalue weighted by Gasteiger charge is -2.28. The number of pyridine rings is 1. The van der Waals surface area contributed by atoms with Crippen LogP contribution in [0.15, 0.2) is 54.7 Å². The molecular weight excluding hydrogens is 402 g/mol. The largest absolute Gasteiger partial charge is 0.335 e. The molecule has 3 aromatic rings. The molecule has 5 heteroatoms. The number of aromatic nitrogens is 2. The highest BCUT2D eigenvalue weighted by molar-refractivity contribution is 8.00. The van der Waals surface area contributed by atoms with Crippen molar-refractivity contribution in [1.82, 2.24) is 14.9 Å². The van der Waals surface area contributed by atoms with Gasteiger partial charge in [-0.25, -0.2) is 4.98 Å². The average Bonchev–Trinajstić information content (AvgIpc) is 3.22. The molecule has 2 unspecified atom stereocenters. The van der Waals surface area contributed by atoms with Gasteiger partial charge in [-0.2, -0.15) is 11.8 Å². The fraction of sp³-hybridized carbons (Fsp3) is 0.385. The molecule has 0 radical (unpaired) electrons. The fourth-order valence-corrected chi connectivity index (χ4v) is 5.88. The van der Waals surface area contributed by atoms with E-state index in [0.717, 1.165) is 30.4 Å². The highest BCUT2D eigenvalue weighted by atomic mass is 32.2. The number of fused-ring (bicyclic) bond motifs is 2. The van der Waals surface area contributed by atoms with Crippen LogP contribution in [-0.2, 0) is 13.0 Å². The molecule has 5 rings (SSSR count). The van der Waals surface area contributed by atoms with Gasteiger partial charge in [0.1, 0.15) is 11.3 Å². The number of thioether (sulfide) groups is 1. The number of nitrogens with zero attached hydrogens (tertiary/aromatic N) is 2. The van der Waals surface area contributed by atoms with Crippen LogP contribution in [0.1, 0.15) is 59.8 Å². The van der Waals surface area contributed by atoms with Crippen molar-refractivity contribution in [2.75, 3.05) is 6.54 Å². The van der Waals surface area contributed by atoms with Crippen molar-refractivity contribution in [3.8, 4) is 0 Å². The second kappa shape index (κ2) is 8.54. The number of carbonyl (C=O) groups excluding carboxylic acids is 1. The van der Waals surface area contributed by atoms with Crippen LogP contribution in [-0.4, -0.2) is 37.8 Å². The summed E-state index contributed by atoms with van der Waals surface area (Å²) in [4.78, 5) is 23.0. The Labute approximate surface area is 188 Å². The first-order valence-corrected chi connectivity index (χ1v) is 12.2. The zero-order chi connectivity index (χ0) is 21.4. The molecule has 0 saturated carbocycles. The van der Waals surface area contributed by atoms with Gasteiger partial charge in [0.05, 0.1) is 0 Å². The first-order valence-electron chi connectivity index (χ1n) is 11.3. The molecule has 3 heterocycles. The number of rotatable bonds is 4. The Morgan fingerprint density at radius 1 is 1.16 bits per heavy atom. The Bertz CT molecular complexity index is 1130. The molecule has 1 N–H and O–H groups in total. The van der Waals surface area contributed by atoms with Crippen LogP contribution in [0.25, 0.3) is 11.0 Å². The summed E-state index contributed by atoms with van der Waals surface area (Å²) in [6.45, 7) is 5.95. The van der Waals surface area contributed by atoms with Crippen LogP contribution in [0.2, 0.25) is 0 Å². The molecule has 1 aromatic carbocycles. The maximum Gasteiger partial charge on any atom is 0.270 e. The summed E-state index contributed by atoms with van der Waals surface area (Å²) < 4.78 is 0. The van der Waals surface area contributed by atoms with Crippen LogP contribution >= 0.6 is 11.8 Å². The van der Waals surface area contributed by atoms with Gasteiger partial charge in [0.2, 0.25) is 0 Å². The maximum atomic E-state index is 13.1. The van der Waals surface area contributed by atoms with Crippen molar-refractivity contribution in [2.45, 2.75) is 56.1 Å². The molecule has 31 heavy (non-hydrogen) atoms. The van der Waals surface area contributed by atoms with Crippen molar-refractivity contribution in [3.05, 3.63) is 77.1 Å². The van der Waals surface area contributed by atoms with E-state index in [1.165, 1.54) is 23.1 Å². The molecule has 0 spiro atoms. The normalized spacial score (nSPS) is 20.9. The summed E-state index contributed by atoms with van der Waals surface area (Å²) in [6, 6.07) is 12.6. The summed E-state index contributed by atoms with van der Waals surface area (Å²) in [5.74, 6) is 0.466. The van der Waals surface area contributed by atoms with E-state index in [1.807, 2.05) is 35.0 Å². The van der Waals surface area contributed by atoms with Crippen LogP contribution in [0.4, 0.5) is 0 Å². The predicted molar refractivity (Wildman–Crippen MR) is 129 cm³/mol. The van der Waals surface area contributed by atoms with E-state index in [0.29, 0.717) is 28.7 Å². The minimum Gasteiger partial charge on any atom is -0.335 e. The van der Waals surface area contributed by atoms with Gasteiger partial charge in [0.25, 0.3) is 5.91 Å². The number of aromatic amines is 1. The Kier molecular flexibility index (Phi) is 5.61. The molecule has 0 saturated heterocycles. The van der Waals surface area contributed by atoms with Crippen LogP contribution in [0.5, 0.6) is 0 Å². The van der Waals surface area contributed by atoms with E-state index < -0.39 is 0 Å². The molecule has 1 aliphatic carbocycles. The molecule has 2 atom stereocenters. The third-order valence-electron chi connectivity index (χ3n) is 6.33. The summed E-state index contributed by atoms with van der Waals surface area (Å²) in [5.41, 5.74) is 5.26. The zero-order valence-electron chi connectivity index (χ0n) is 18.2. The van der Waals surface area contributed by atoms with E-state index in [4.69, 9.17) is 0 Å². The Hall–Kier alpha value is -2.53. The molecule has 1 amide bonds. The summed E-state index contributed by atoms with van der Waals surface area (Å²) >= 11 is 2.04. The van der Waals surface area contributed by atoms with E-state index in [2.05, 4.69) is 60.2 Å². The number of amides is 1. The number of benzene rings is 1. The predicted octanol–water partition coefficient (Wildman–Crippen LogP) is 5.71. The number of H-pyrrole nitrogens is 1. The summed E-state index contributed by atoms with van der Waals surface area (Å²) in [7, 11) is 0. The van der Waals surface area contributed by atoms with Gasteiger partial charge in [-0.15, -0.1) is 0 Å². The highest BCUT2D eigenvalue weighted by Crippen LogP contribution is 2.34. The van der Waals surface area contributed by atoms with Gasteiger partial charge in [0.15, 0.2) is 0 Å². The highest BCUT2D eigenvalue weighted by Gasteiger charge is 2.24. The Morgan fingerprint density at radius 3 is 2.77 bits per heavy atom. The molecular formula is C26H29N3OS. The molecule has 2 aliphatic rings. The quantitative estimate of drug-likeness (QED) is 0.539. The van der Waals surface area contributed by atoms with Crippen molar-refractivity contribution in [2.24, 2.45) is 0 Å². The second-order valence-corrected chi connectivity index (χ2v) is 10.7. The first kappa shape index (κ1) is 20.4. The summed E-state index contributed by atoms with van der Waals surface area (Å²) in [6.07, 6.45) is 9.94. The summed E-state index contributed by atoms with van der Waals surface area (Å²) in [5, 5.41) is 2.30. The number of nitrogens with one attached hydrogen (secondary N) is 1. The van der Waals surface area contributed by atoms with Gasteiger partial charge >= 0.3 is 0 Å².